The van der Waals surface area contributed by atoms with E-state index in [4.69, 9.17) is 4.74 Å². The number of amides is 1. The summed E-state index contributed by atoms with van der Waals surface area (Å²) in [6.07, 6.45) is 2.03. The van der Waals surface area contributed by atoms with Crippen molar-refractivity contribution in [2.24, 2.45) is 0 Å². The summed E-state index contributed by atoms with van der Waals surface area (Å²) in [4.78, 5) is 16.5. The number of carbonyl (C=O) groups excluding carboxylic acids is 1. The second-order valence-electron chi connectivity index (χ2n) is 6.63. The van der Waals surface area contributed by atoms with Crippen molar-refractivity contribution in [3.05, 3.63) is 23.8 Å². The zero-order valence-electron chi connectivity index (χ0n) is 13.8. The van der Waals surface area contributed by atoms with E-state index in [1.807, 2.05) is 19.1 Å². The smallest absolute Gasteiger partial charge is 0.410 e. The molecule has 1 saturated heterocycles. The van der Waals surface area contributed by atoms with Crippen molar-refractivity contribution in [1.29, 1.82) is 0 Å². The normalized spacial score (nSPS) is 26.7. The first kappa shape index (κ1) is 15.2. The van der Waals surface area contributed by atoms with Crippen LogP contribution in [0.4, 0.5) is 10.5 Å². The summed E-state index contributed by atoms with van der Waals surface area (Å²) >= 11 is 0. The van der Waals surface area contributed by atoms with Gasteiger partial charge in [0, 0.05) is 31.2 Å². The lowest BCUT2D eigenvalue weighted by Gasteiger charge is -2.32. The van der Waals surface area contributed by atoms with Crippen LogP contribution in [0.25, 0.3) is 0 Å². The summed E-state index contributed by atoms with van der Waals surface area (Å²) in [6, 6.07) is 5.98. The van der Waals surface area contributed by atoms with E-state index in [1.165, 1.54) is 11.3 Å². The van der Waals surface area contributed by atoms with Crippen LogP contribution in [-0.2, 0) is 5.41 Å². The molecule has 0 aromatic heterocycles. The quantitative estimate of drug-likeness (QED) is 0.932. The van der Waals surface area contributed by atoms with Gasteiger partial charge in [0.05, 0.1) is 6.17 Å². The molecule has 3 rings (SSSR count). The molecule has 2 atom stereocenters. The fourth-order valence-electron chi connectivity index (χ4n) is 3.99. The molecule has 22 heavy (non-hydrogen) atoms. The molecule has 1 aromatic carbocycles. The van der Waals surface area contributed by atoms with E-state index >= 15 is 0 Å². The van der Waals surface area contributed by atoms with Crippen LogP contribution in [0, 0.1) is 0 Å². The number of fused-ring (bicyclic) bond motifs is 3. The Morgan fingerprint density at radius 2 is 2.23 bits per heavy atom. The van der Waals surface area contributed by atoms with E-state index in [1.54, 1.807) is 0 Å². The third-order valence-corrected chi connectivity index (χ3v) is 5.03. The number of nitrogens with zero attached hydrogens (tertiary/aromatic N) is 2. The van der Waals surface area contributed by atoms with Gasteiger partial charge in [-0.1, -0.05) is 13.8 Å². The number of hydrogen-bond acceptors (Lipinski definition) is 4. The van der Waals surface area contributed by atoms with Gasteiger partial charge in [0.2, 0.25) is 0 Å². The number of carbonyl (C=O) groups is 1. The van der Waals surface area contributed by atoms with E-state index in [9.17, 15) is 4.79 Å². The molecule has 0 aliphatic carbocycles. The molecular weight excluding hydrogens is 278 g/mol. The molecule has 1 aromatic rings. The van der Waals surface area contributed by atoms with Crippen molar-refractivity contribution in [3.63, 3.8) is 0 Å². The molecule has 0 unspecified atom stereocenters. The number of nitrogens with one attached hydrogen (secondary N) is 1. The maximum absolute atomic E-state index is 11.7. The van der Waals surface area contributed by atoms with Crippen LogP contribution in [0.3, 0.4) is 0 Å². The zero-order chi connectivity index (χ0) is 15.9. The molecule has 0 bridgehead atoms. The lowest BCUT2D eigenvalue weighted by molar-refractivity contribution is 0.200. The van der Waals surface area contributed by atoms with Crippen molar-refractivity contribution < 1.29 is 9.53 Å². The van der Waals surface area contributed by atoms with Crippen LogP contribution < -0.4 is 15.0 Å². The number of likely N-dealkylation sites (N-methyl/N-ethyl adjacent to an activating group) is 2. The molecule has 120 valence electrons. The van der Waals surface area contributed by atoms with E-state index in [0.717, 1.165) is 19.4 Å². The van der Waals surface area contributed by atoms with Gasteiger partial charge < -0.3 is 15.0 Å². The Bertz CT molecular complexity index is 589. The Kier molecular flexibility index (Phi) is 3.77. The highest BCUT2D eigenvalue weighted by Gasteiger charge is 2.52. The van der Waals surface area contributed by atoms with Gasteiger partial charge in [0.1, 0.15) is 5.75 Å². The maximum Gasteiger partial charge on any atom is 0.412 e. The van der Waals surface area contributed by atoms with Gasteiger partial charge in [0.25, 0.3) is 0 Å². The molecule has 2 aliphatic heterocycles. The van der Waals surface area contributed by atoms with E-state index in [2.05, 4.69) is 42.2 Å². The first-order valence-corrected chi connectivity index (χ1v) is 8.00. The minimum atomic E-state index is -0.376. The molecule has 1 amide bonds. The molecular formula is C17H25N3O2. The molecule has 0 radical (unpaired) electrons. The van der Waals surface area contributed by atoms with Crippen molar-refractivity contribution >= 4 is 11.8 Å². The number of hydrogen-bond donors (Lipinski definition) is 1. The van der Waals surface area contributed by atoms with Crippen LogP contribution >= 0.6 is 0 Å². The maximum atomic E-state index is 11.7. The zero-order valence-corrected chi connectivity index (χ0v) is 13.8. The van der Waals surface area contributed by atoms with Crippen LogP contribution in [0.1, 0.15) is 32.3 Å². The highest BCUT2D eigenvalue weighted by Crippen LogP contribution is 2.51. The number of benzene rings is 1. The SMILES string of the molecule is CCCNC(=O)Oc1ccc2c(c1)[C@@]1(C)CCN(C)[C@H]1N2C. The predicted octanol–water partition coefficient (Wildman–Crippen LogP) is 2.55. The Morgan fingerprint density at radius 1 is 1.45 bits per heavy atom. The van der Waals surface area contributed by atoms with Gasteiger partial charge in [-0.25, -0.2) is 4.79 Å². The van der Waals surface area contributed by atoms with Gasteiger partial charge in [0.15, 0.2) is 0 Å². The Hall–Kier alpha value is -1.75. The molecule has 0 saturated carbocycles. The van der Waals surface area contributed by atoms with Crippen LogP contribution in [0.5, 0.6) is 5.75 Å². The number of rotatable bonds is 3. The third kappa shape index (κ3) is 2.24. The van der Waals surface area contributed by atoms with Crippen molar-refractivity contribution in [2.75, 3.05) is 32.1 Å². The van der Waals surface area contributed by atoms with Crippen molar-refractivity contribution in [2.45, 2.75) is 38.3 Å². The number of ether oxygens (including phenoxy) is 1. The Labute approximate surface area is 132 Å². The molecule has 0 spiro atoms. The number of anilines is 1. The number of likely N-dealkylation sites (tertiary alicyclic amines) is 1. The second kappa shape index (κ2) is 5.47. The van der Waals surface area contributed by atoms with E-state index in [0.29, 0.717) is 18.5 Å². The monoisotopic (exact) mass is 303 g/mol. The Morgan fingerprint density at radius 3 is 2.95 bits per heavy atom. The Balaban J connectivity index is 1.86. The highest BCUT2D eigenvalue weighted by atomic mass is 16.6. The topological polar surface area (TPSA) is 44.8 Å². The predicted molar refractivity (Wildman–Crippen MR) is 87.5 cm³/mol. The summed E-state index contributed by atoms with van der Waals surface area (Å²) in [7, 11) is 4.32. The fourth-order valence-corrected chi connectivity index (χ4v) is 3.99. The molecule has 5 heteroatoms. The molecule has 2 heterocycles. The molecule has 1 N–H and O–H groups in total. The first-order valence-electron chi connectivity index (χ1n) is 8.00. The van der Waals surface area contributed by atoms with E-state index in [-0.39, 0.29) is 11.5 Å². The summed E-state index contributed by atoms with van der Waals surface area (Å²) in [5, 5.41) is 2.74. The van der Waals surface area contributed by atoms with Crippen molar-refractivity contribution in [3.8, 4) is 5.75 Å². The van der Waals surface area contributed by atoms with Crippen LogP contribution in [0.15, 0.2) is 18.2 Å². The summed E-state index contributed by atoms with van der Waals surface area (Å²) in [5.41, 5.74) is 2.61. The highest BCUT2D eigenvalue weighted by molar-refractivity contribution is 5.72. The summed E-state index contributed by atoms with van der Waals surface area (Å²) in [6.45, 7) is 6.05. The van der Waals surface area contributed by atoms with Crippen LogP contribution in [0.2, 0.25) is 0 Å². The average Bonchev–Trinajstić information content (AvgIpc) is 2.91. The van der Waals surface area contributed by atoms with Gasteiger partial charge in [-0.2, -0.15) is 0 Å². The van der Waals surface area contributed by atoms with Gasteiger partial charge in [-0.3, -0.25) is 4.90 Å². The minimum absolute atomic E-state index is 0.0953. The second-order valence-corrected chi connectivity index (χ2v) is 6.63. The molecule has 2 aliphatic rings. The fraction of sp³-hybridized carbons (Fsp3) is 0.588. The van der Waals surface area contributed by atoms with Crippen LogP contribution in [-0.4, -0.2) is 44.3 Å². The van der Waals surface area contributed by atoms with Gasteiger partial charge in [-0.05, 0) is 43.7 Å². The van der Waals surface area contributed by atoms with Gasteiger partial charge in [-0.15, -0.1) is 0 Å². The molecule has 5 nitrogen and oxygen atoms in total. The summed E-state index contributed by atoms with van der Waals surface area (Å²) < 4.78 is 5.42. The van der Waals surface area contributed by atoms with E-state index < -0.39 is 0 Å². The first-order chi connectivity index (χ1) is 10.5. The standard InChI is InChI=1S/C17H25N3O2/c1-5-9-18-16(21)22-12-6-7-14-13(11-12)17(2)8-10-19(3)15(17)20(14)4/h6-7,11,15H,5,8-10H2,1-4H3,(H,18,21)/t15-,17+/m0/s1. The molecule has 1 fully saturated rings. The lowest BCUT2D eigenvalue weighted by Crippen LogP contribution is -2.45. The average molecular weight is 303 g/mol. The largest absolute Gasteiger partial charge is 0.412 e. The third-order valence-electron chi connectivity index (χ3n) is 5.03. The summed E-state index contributed by atoms with van der Waals surface area (Å²) in [5.74, 6) is 0.622. The van der Waals surface area contributed by atoms with Crippen molar-refractivity contribution in [1.82, 2.24) is 10.2 Å². The minimum Gasteiger partial charge on any atom is -0.410 e. The lowest BCUT2D eigenvalue weighted by atomic mass is 9.81. The van der Waals surface area contributed by atoms with Gasteiger partial charge >= 0.3 is 6.09 Å².